The van der Waals surface area contributed by atoms with Crippen molar-refractivity contribution in [2.45, 2.75) is 31.5 Å². The highest BCUT2D eigenvalue weighted by Gasteiger charge is 2.34. The third-order valence-corrected chi connectivity index (χ3v) is 5.18. The molecule has 1 saturated heterocycles. The number of halogens is 1. The van der Waals surface area contributed by atoms with Gasteiger partial charge in [0.15, 0.2) is 0 Å². The average Bonchev–Trinajstić information content (AvgIpc) is 3.03. The van der Waals surface area contributed by atoms with Crippen molar-refractivity contribution >= 4 is 22.5 Å². The molecular formula is C17H21ClN2O2. The van der Waals surface area contributed by atoms with Crippen molar-refractivity contribution in [3.8, 4) is 0 Å². The number of rotatable bonds is 2. The van der Waals surface area contributed by atoms with Crippen LogP contribution in [0.5, 0.6) is 0 Å². The Morgan fingerprint density at radius 1 is 1.41 bits per heavy atom. The Hall–Kier alpha value is -1.07. The van der Waals surface area contributed by atoms with E-state index in [1.807, 2.05) is 6.07 Å². The van der Waals surface area contributed by atoms with Gasteiger partial charge in [-0.3, -0.25) is 0 Å². The molecule has 0 spiro atoms. The Balaban J connectivity index is 1.86. The van der Waals surface area contributed by atoms with E-state index in [0.29, 0.717) is 26.2 Å². The molecule has 1 N–H and O–H groups in total. The van der Waals surface area contributed by atoms with Crippen LogP contribution in [0.2, 0.25) is 5.02 Å². The molecule has 3 heterocycles. The van der Waals surface area contributed by atoms with Crippen LogP contribution in [0, 0.1) is 0 Å². The standard InChI is InChI=1S/C17H21ClN2O2/c1-19-6-4-16-14(9-19)13-8-12(18)2-3-15(13)20(16)10-17(21)5-7-22-11-17/h2-3,8,21H,4-7,9-11H2,1H3. The van der Waals surface area contributed by atoms with Gasteiger partial charge in [0.25, 0.3) is 0 Å². The predicted octanol–water partition coefficient (Wildman–Crippen LogP) is 2.43. The smallest absolute Gasteiger partial charge is 0.108 e. The van der Waals surface area contributed by atoms with Crippen LogP contribution >= 0.6 is 11.6 Å². The molecule has 22 heavy (non-hydrogen) atoms. The van der Waals surface area contributed by atoms with Gasteiger partial charge in [-0.15, -0.1) is 0 Å². The van der Waals surface area contributed by atoms with Gasteiger partial charge in [-0.2, -0.15) is 0 Å². The summed E-state index contributed by atoms with van der Waals surface area (Å²) in [6.45, 7) is 3.66. The van der Waals surface area contributed by atoms with Crippen molar-refractivity contribution in [3.05, 3.63) is 34.5 Å². The molecule has 0 aliphatic carbocycles. The normalized spacial score (nSPS) is 25.8. The second-order valence-electron chi connectivity index (χ2n) is 6.69. The van der Waals surface area contributed by atoms with Gasteiger partial charge >= 0.3 is 0 Å². The number of aromatic nitrogens is 1. The summed E-state index contributed by atoms with van der Waals surface area (Å²) in [6.07, 6.45) is 1.71. The molecule has 0 bridgehead atoms. The summed E-state index contributed by atoms with van der Waals surface area (Å²) in [4.78, 5) is 2.33. The SMILES string of the molecule is CN1CCc2c(c3cc(Cl)ccc3n2CC2(O)CCOC2)C1. The van der Waals surface area contributed by atoms with Gasteiger partial charge in [0.2, 0.25) is 0 Å². The molecule has 1 atom stereocenters. The van der Waals surface area contributed by atoms with Gasteiger partial charge in [-0.25, -0.2) is 0 Å². The van der Waals surface area contributed by atoms with Crippen molar-refractivity contribution in [3.63, 3.8) is 0 Å². The molecule has 5 heteroatoms. The van der Waals surface area contributed by atoms with Crippen molar-refractivity contribution in [1.82, 2.24) is 9.47 Å². The summed E-state index contributed by atoms with van der Waals surface area (Å²) >= 11 is 6.21. The minimum atomic E-state index is -0.747. The largest absolute Gasteiger partial charge is 0.386 e. The van der Waals surface area contributed by atoms with E-state index in [1.54, 1.807) is 0 Å². The van der Waals surface area contributed by atoms with Crippen LogP contribution < -0.4 is 0 Å². The molecule has 0 saturated carbocycles. The zero-order valence-corrected chi connectivity index (χ0v) is 13.6. The first-order valence-corrected chi connectivity index (χ1v) is 8.22. The highest BCUT2D eigenvalue weighted by Crippen LogP contribution is 2.34. The number of hydrogen-bond acceptors (Lipinski definition) is 3. The van der Waals surface area contributed by atoms with E-state index in [0.717, 1.165) is 24.5 Å². The van der Waals surface area contributed by atoms with E-state index in [2.05, 4.69) is 28.6 Å². The summed E-state index contributed by atoms with van der Waals surface area (Å²) in [7, 11) is 2.15. The van der Waals surface area contributed by atoms with Gasteiger partial charge in [0.05, 0.1) is 13.2 Å². The lowest BCUT2D eigenvalue weighted by atomic mass is 10.0. The zero-order chi connectivity index (χ0) is 15.3. The monoisotopic (exact) mass is 320 g/mol. The molecule has 1 fully saturated rings. The first-order chi connectivity index (χ1) is 10.6. The number of hydrogen-bond donors (Lipinski definition) is 1. The number of aliphatic hydroxyl groups is 1. The van der Waals surface area contributed by atoms with Gasteiger partial charge in [-0.05, 0) is 30.8 Å². The van der Waals surface area contributed by atoms with Crippen LogP contribution in [0.1, 0.15) is 17.7 Å². The first-order valence-electron chi connectivity index (χ1n) is 7.84. The fraction of sp³-hybridized carbons (Fsp3) is 0.529. The van der Waals surface area contributed by atoms with Gasteiger partial charge in [0, 0.05) is 54.2 Å². The van der Waals surface area contributed by atoms with Crippen LogP contribution in [0.15, 0.2) is 18.2 Å². The number of likely N-dealkylation sites (N-methyl/N-ethyl adjacent to an activating group) is 1. The number of ether oxygens (including phenoxy) is 1. The fourth-order valence-electron chi connectivity index (χ4n) is 3.75. The second kappa shape index (κ2) is 5.24. The molecular weight excluding hydrogens is 300 g/mol. The Kier molecular flexibility index (Phi) is 3.46. The third-order valence-electron chi connectivity index (χ3n) is 4.94. The maximum Gasteiger partial charge on any atom is 0.108 e. The van der Waals surface area contributed by atoms with E-state index >= 15 is 0 Å². The maximum atomic E-state index is 10.7. The van der Waals surface area contributed by atoms with Crippen LogP contribution in [0.4, 0.5) is 0 Å². The molecule has 1 aromatic carbocycles. The molecule has 0 radical (unpaired) electrons. The molecule has 4 nitrogen and oxygen atoms in total. The van der Waals surface area contributed by atoms with Crippen LogP contribution in [-0.2, 0) is 24.2 Å². The minimum Gasteiger partial charge on any atom is -0.386 e. The fourth-order valence-corrected chi connectivity index (χ4v) is 3.93. The van der Waals surface area contributed by atoms with Crippen LogP contribution in [0.25, 0.3) is 10.9 Å². The molecule has 4 rings (SSSR count). The Morgan fingerprint density at radius 3 is 3.05 bits per heavy atom. The molecule has 0 amide bonds. The van der Waals surface area contributed by atoms with Crippen molar-refractivity contribution in [2.24, 2.45) is 0 Å². The van der Waals surface area contributed by atoms with Gasteiger partial charge in [0.1, 0.15) is 5.60 Å². The Morgan fingerprint density at radius 2 is 2.27 bits per heavy atom. The molecule has 1 aromatic heterocycles. The maximum absolute atomic E-state index is 10.7. The topological polar surface area (TPSA) is 37.6 Å². The molecule has 2 aliphatic rings. The van der Waals surface area contributed by atoms with E-state index in [-0.39, 0.29) is 0 Å². The molecule has 118 valence electrons. The van der Waals surface area contributed by atoms with Crippen molar-refractivity contribution < 1.29 is 9.84 Å². The lowest BCUT2D eigenvalue weighted by Crippen LogP contribution is -2.36. The lowest BCUT2D eigenvalue weighted by Gasteiger charge is -2.27. The average molecular weight is 321 g/mol. The number of nitrogens with zero attached hydrogens (tertiary/aromatic N) is 2. The van der Waals surface area contributed by atoms with Crippen LogP contribution in [-0.4, -0.2) is 47.0 Å². The minimum absolute atomic E-state index is 0.426. The summed E-state index contributed by atoms with van der Waals surface area (Å²) in [5.74, 6) is 0. The lowest BCUT2D eigenvalue weighted by molar-refractivity contribution is 0.0120. The Bertz CT molecular complexity index is 719. The third kappa shape index (κ3) is 2.35. The van der Waals surface area contributed by atoms with E-state index in [4.69, 9.17) is 16.3 Å². The summed E-state index contributed by atoms with van der Waals surface area (Å²) in [6, 6.07) is 6.07. The van der Waals surface area contributed by atoms with E-state index < -0.39 is 5.60 Å². The quantitative estimate of drug-likeness (QED) is 0.923. The number of fused-ring (bicyclic) bond motifs is 3. The van der Waals surface area contributed by atoms with E-state index in [9.17, 15) is 5.11 Å². The van der Waals surface area contributed by atoms with Gasteiger partial charge in [-0.1, -0.05) is 11.6 Å². The second-order valence-corrected chi connectivity index (χ2v) is 7.12. The van der Waals surface area contributed by atoms with Crippen molar-refractivity contribution in [1.29, 1.82) is 0 Å². The summed E-state index contributed by atoms with van der Waals surface area (Å²) in [5.41, 5.74) is 3.12. The van der Waals surface area contributed by atoms with Crippen LogP contribution in [0.3, 0.4) is 0 Å². The first kappa shape index (κ1) is 14.5. The van der Waals surface area contributed by atoms with Crippen molar-refractivity contribution in [2.75, 3.05) is 26.8 Å². The highest BCUT2D eigenvalue weighted by atomic mass is 35.5. The summed E-state index contributed by atoms with van der Waals surface area (Å²) < 4.78 is 7.70. The zero-order valence-electron chi connectivity index (χ0n) is 12.8. The Labute approximate surface area is 135 Å². The molecule has 2 aromatic rings. The number of benzene rings is 1. The summed E-state index contributed by atoms with van der Waals surface area (Å²) in [5, 5.41) is 12.7. The van der Waals surface area contributed by atoms with E-state index in [1.165, 1.54) is 22.2 Å². The molecule has 2 aliphatic heterocycles. The predicted molar refractivity (Wildman–Crippen MR) is 87.4 cm³/mol. The molecule has 1 unspecified atom stereocenters. The highest BCUT2D eigenvalue weighted by molar-refractivity contribution is 6.31. The van der Waals surface area contributed by atoms with Gasteiger partial charge < -0.3 is 19.3 Å².